The van der Waals surface area contributed by atoms with Crippen LogP contribution < -0.4 is 4.80 Å². The number of hydrogen-bond donors (Lipinski definition) is 0. The largest absolute Gasteiger partial charge is 0.744 e. The number of rotatable bonds is 7. The topological polar surface area (TPSA) is 160 Å². The molecule has 0 amide bonds. The van der Waals surface area contributed by atoms with Crippen molar-refractivity contribution in [3.05, 3.63) is 113 Å². The summed E-state index contributed by atoms with van der Waals surface area (Å²) in [5.74, 6) is 0.228. The highest BCUT2D eigenvalue weighted by molar-refractivity contribution is 7.85. The molecule has 1 aromatic heterocycles. The molecule has 0 aliphatic rings. The standard InChI is InChI=1S/C26H19N7O5S.CH4/c1-18-7-9-20(10-8-18)27-28-21-11-16-24(25(17-21)39(36,37)38)32-30-26(19-5-3-2-4-6-19)29-31(32)22-12-14-23(15-13-22)33(34)35;/h2-17H,1H3;1H4. The van der Waals surface area contributed by atoms with Gasteiger partial charge in [0, 0.05) is 16.9 Å². The lowest BCUT2D eigenvalue weighted by molar-refractivity contribution is -0.736. The predicted octanol–water partition coefficient (Wildman–Crippen LogP) is 5.38. The van der Waals surface area contributed by atoms with Crippen LogP contribution in [0, 0.1) is 17.0 Å². The lowest BCUT2D eigenvalue weighted by Gasteiger charge is -2.10. The van der Waals surface area contributed by atoms with Gasteiger partial charge in [0.1, 0.15) is 20.7 Å². The number of azo groups is 1. The minimum absolute atomic E-state index is 0. The van der Waals surface area contributed by atoms with E-state index in [9.17, 15) is 23.1 Å². The molecule has 0 aliphatic carbocycles. The normalized spacial score (nSPS) is 11.3. The second-order valence-corrected chi connectivity index (χ2v) is 9.73. The molecule has 0 spiro atoms. The number of nitrogens with zero attached hydrogens (tertiary/aromatic N) is 7. The summed E-state index contributed by atoms with van der Waals surface area (Å²) < 4.78 is 37.1. The third kappa shape index (κ3) is 5.95. The molecule has 0 radical (unpaired) electrons. The molecule has 5 aromatic rings. The van der Waals surface area contributed by atoms with E-state index < -0.39 is 19.9 Å². The van der Waals surface area contributed by atoms with Crippen molar-refractivity contribution in [1.82, 2.24) is 15.0 Å². The van der Waals surface area contributed by atoms with E-state index in [0.717, 1.165) is 16.4 Å². The predicted molar refractivity (Wildman–Crippen MR) is 145 cm³/mol. The zero-order valence-electron chi connectivity index (χ0n) is 20.3. The zero-order chi connectivity index (χ0) is 27.6. The van der Waals surface area contributed by atoms with Crippen LogP contribution in [-0.2, 0) is 10.1 Å². The summed E-state index contributed by atoms with van der Waals surface area (Å²) in [5.41, 5.74) is 2.47. The van der Waals surface area contributed by atoms with Crippen LogP contribution in [0.2, 0.25) is 0 Å². The molecule has 4 aromatic carbocycles. The Bertz CT molecular complexity index is 1800. The Morgan fingerprint density at radius 1 is 0.875 bits per heavy atom. The van der Waals surface area contributed by atoms with Gasteiger partial charge in [0.25, 0.3) is 5.69 Å². The van der Waals surface area contributed by atoms with Gasteiger partial charge in [-0.3, -0.25) is 10.1 Å². The minimum atomic E-state index is -5.01. The first kappa shape index (κ1) is 27.9. The fourth-order valence-corrected chi connectivity index (χ4v) is 4.35. The first-order valence-electron chi connectivity index (χ1n) is 11.5. The summed E-state index contributed by atoms with van der Waals surface area (Å²) in [7, 11) is -5.01. The van der Waals surface area contributed by atoms with Gasteiger partial charge in [-0.1, -0.05) is 43.3 Å². The summed E-state index contributed by atoms with van der Waals surface area (Å²) >= 11 is 0. The van der Waals surface area contributed by atoms with Crippen molar-refractivity contribution >= 4 is 27.2 Å². The monoisotopic (exact) mass is 557 g/mol. The van der Waals surface area contributed by atoms with E-state index >= 15 is 0 Å². The highest BCUT2D eigenvalue weighted by atomic mass is 32.2. The first-order chi connectivity index (χ1) is 18.7. The maximum atomic E-state index is 12.4. The van der Waals surface area contributed by atoms with Gasteiger partial charge in [0.15, 0.2) is 5.69 Å². The van der Waals surface area contributed by atoms with Gasteiger partial charge in [-0.15, -0.1) is 0 Å². The molecule has 0 bridgehead atoms. The van der Waals surface area contributed by atoms with Gasteiger partial charge in [-0.05, 0) is 71.4 Å². The third-order valence-corrected chi connectivity index (χ3v) is 6.49. The van der Waals surface area contributed by atoms with Gasteiger partial charge >= 0.3 is 5.82 Å². The molecule has 202 valence electrons. The second kappa shape index (κ2) is 11.3. The van der Waals surface area contributed by atoms with Gasteiger partial charge < -0.3 is 4.55 Å². The average Bonchev–Trinajstić information content (AvgIpc) is 3.38. The van der Waals surface area contributed by atoms with Crippen molar-refractivity contribution < 1.29 is 22.7 Å². The van der Waals surface area contributed by atoms with Crippen molar-refractivity contribution in [2.24, 2.45) is 10.2 Å². The van der Waals surface area contributed by atoms with Crippen LogP contribution in [0.3, 0.4) is 0 Å². The van der Waals surface area contributed by atoms with E-state index in [1.165, 1.54) is 41.2 Å². The molecule has 13 heteroatoms. The smallest absolute Gasteiger partial charge is 0.340 e. The fourth-order valence-electron chi connectivity index (χ4n) is 3.67. The SMILES string of the molecule is C.Cc1ccc(N=Nc2ccc(-[n+]3nc(-c4ccccc4)nn3-c3ccc([N+](=O)[O-])cc3)c(S(=O)(=O)[O-])c2)cc1. The summed E-state index contributed by atoms with van der Waals surface area (Å²) in [6, 6.07) is 25.6. The third-order valence-electron chi connectivity index (χ3n) is 5.62. The number of hydrogen-bond acceptors (Lipinski definition) is 9. The van der Waals surface area contributed by atoms with Crippen LogP contribution in [0.1, 0.15) is 13.0 Å². The molecule has 0 aliphatic heterocycles. The van der Waals surface area contributed by atoms with E-state index in [1.54, 1.807) is 36.4 Å². The summed E-state index contributed by atoms with van der Waals surface area (Å²) in [4.78, 5) is 12.4. The fraction of sp³-hybridized carbons (Fsp3) is 0.0741. The quantitative estimate of drug-likeness (QED) is 0.0853. The Labute approximate surface area is 229 Å². The molecule has 5 rings (SSSR count). The molecule has 0 unspecified atom stereocenters. The lowest BCUT2D eigenvalue weighted by atomic mass is 10.2. The maximum absolute atomic E-state index is 12.4. The number of aromatic nitrogens is 4. The van der Waals surface area contributed by atoms with Crippen LogP contribution in [0.15, 0.2) is 112 Å². The molecule has 0 N–H and O–H groups in total. The molecule has 1 heterocycles. The molecule has 40 heavy (non-hydrogen) atoms. The Balaban J connectivity index is 0.00000370. The van der Waals surface area contributed by atoms with Gasteiger partial charge in [-0.25, -0.2) is 8.42 Å². The number of nitro groups is 1. The molecule has 0 fully saturated rings. The second-order valence-electron chi connectivity index (χ2n) is 8.38. The molecule has 0 atom stereocenters. The Kier molecular flexibility index (Phi) is 7.88. The average molecular weight is 558 g/mol. The van der Waals surface area contributed by atoms with Crippen molar-refractivity contribution in [3.63, 3.8) is 0 Å². The highest BCUT2D eigenvalue weighted by Crippen LogP contribution is 2.26. The van der Waals surface area contributed by atoms with Crippen molar-refractivity contribution in [2.45, 2.75) is 19.2 Å². The van der Waals surface area contributed by atoms with Crippen LogP contribution >= 0.6 is 0 Å². The van der Waals surface area contributed by atoms with E-state index in [-0.39, 0.29) is 30.3 Å². The van der Waals surface area contributed by atoms with Gasteiger partial charge in [0.2, 0.25) is 0 Å². The van der Waals surface area contributed by atoms with Crippen LogP contribution in [0.4, 0.5) is 17.1 Å². The summed E-state index contributed by atoms with van der Waals surface area (Å²) in [6.07, 6.45) is 0. The van der Waals surface area contributed by atoms with Crippen molar-refractivity contribution in [1.29, 1.82) is 0 Å². The van der Waals surface area contributed by atoms with Crippen molar-refractivity contribution in [2.75, 3.05) is 0 Å². The molecular weight excluding hydrogens is 534 g/mol. The molecular formula is C27H23N7O5S. The van der Waals surface area contributed by atoms with Crippen LogP contribution in [0.5, 0.6) is 0 Å². The maximum Gasteiger partial charge on any atom is 0.340 e. The van der Waals surface area contributed by atoms with Crippen LogP contribution in [0.25, 0.3) is 22.8 Å². The number of aryl methyl sites for hydroxylation is 1. The van der Waals surface area contributed by atoms with Crippen molar-refractivity contribution in [3.8, 4) is 22.8 Å². The van der Waals surface area contributed by atoms with Crippen LogP contribution in [-0.4, -0.2) is 32.9 Å². The van der Waals surface area contributed by atoms with E-state index in [0.29, 0.717) is 16.9 Å². The summed E-state index contributed by atoms with van der Waals surface area (Å²) in [6.45, 7) is 1.93. The lowest BCUT2D eigenvalue weighted by Crippen LogP contribution is -2.44. The molecule has 12 nitrogen and oxygen atoms in total. The Morgan fingerprint density at radius 3 is 2.12 bits per heavy atom. The van der Waals surface area contributed by atoms with E-state index in [1.807, 2.05) is 25.1 Å². The Hall–Kier alpha value is -5.14. The van der Waals surface area contributed by atoms with Gasteiger partial charge in [0.05, 0.1) is 27.0 Å². The van der Waals surface area contributed by atoms with E-state index in [2.05, 4.69) is 20.4 Å². The van der Waals surface area contributed by atoms with E-state index in [4.69, 9.17) is 0 Å². The number of nitro benzene ring substituents is 1. The number of tetrazole rings is 1. The number of benzene rings is 4. The zero-order valence-corrected chi connectivity index (χ0v) is 21.1. The molecule has 0 saturated carbocycles. The first-order valence-corrected chi connectivity index (χ1v) is 12.9. The Morgan fingerprint density at radius 2 is 1.50 bits per heavy atom. The molecule has 0 saturated heterocycles. The van der Waals surface area contributed by atoms with Gasteiger partial charge in [-0.2, -0.15) is 10.2 Å². The summed E-state index contributed by atoms with van der Waals surface area (Å²) in [5, 5.41) is 28.3. The number of non-ortho nitro benzene ring substituents is 1. The minimum Gasteiger partial charge on any atom is -0.744 e. The highest BCUT2D eigenvalue weighted by Gasteiger charge is 2.27.